The molecule has 35 heavy (non-hydrogen) atoms. The molecule has 2 aromatic rings. The molecule has 1 aliphatic rings. The number of esters is 2. The molecule has 0 amide bonds. The van der Waals surface area contributed by atoms with E-state index in [9.17, 15) is 20.1 Å². The van der Waals surface area contributed by atoms with Crippen molar-refractivity contribution in [3.8, 4) is 12.1 Å². The summed E-state index contributed by atoms with van der Waals surface area (Å²) in [6.07, 6.45) is 3.45. The minimum atomic E-state index is -1.56. The van der Waals surface area contributed by atoms with Crippen molar-refractivity contribution >= 4 is 11.9 Å². The highest BCUT2D eigenvalue weighted by Gasteiger charge is 2.59. The fourth-order valence-electron chi connectivity index (χ4n) is 5.08. The van der Waals surface area contributed by atoms with Crippen molar-refractivity contribution in [2.24, 2.45) is 17.3 Å². The van der Waals surface area contributed by atoms with E-state index in [0.29, 0.717) is 0 Å². The first-order valence-corrected chi connectivity index (χ1v) is 11.5. The molecule has 0 aliphatic heterocycles. The Hall–Kier alpha value is -4.16. The van der Waals surface area contributed by atoms with Crippen LogP contribution in [0.5, 0.6) is 0 Å². The second kappa shape index (κ2) is 11.8. The number of hydrogen-bond donors (Lipinski definition) is 0. The zero-order valence-electron chi connectivity index (χ0n) is 19.5. The molecule has 2 aromatic carbocycles. The lowest BCUT2D eigenvalue weighted by molar-refractivity contribution is -0.157. The highest BCUT2D eigenvalue weighted by Crippen LogP contribution is 2.58. The number of carbonyl (C=O) groups is 2. The zero-order chi connectivity index (χ0) is 25.3. The molecule has 0 radical (unpaired) electrons. The summed E-state index contributed by atoms with van der Waals surface area (Å²) in [4.78, 5) is 26.4. The molecular weight excluding hydrogens is 440 g/mol. The van der Waals surface area contributed by atoms with Crippen LogP contribution in [-0.2, 0) is 19.1 Å². The number of benzene rings is 2. The Kier molecular flexibility index (Phi) is 8.59. The Bertz CT molecular complexity index is 1080. The average molecular weight is 469 g/mol. The lowest BCUT2D eigenvalue weighted by atomic mass is 9.53. The monoisotopic (exact) mass is 468 g/mol. The van der Waals surface area contributed by atoms with E-state index in [0.717, 1.165) is 11.1 Å². The van der Waals surface area contributed by atoms with E-state index in [-0.39, 0.29) is 26.1 Å². The summed E-state index contributed by atoms with van der Waals surface area (Å²) in [6.45, 7) is 7.15. The van der Waals surface area contributed by atoms with Gasteiger partial charge < -0.3 is 9.47 Å². The highest BCUT2D eigenvalue weighted by molar-refractivity contribution is 5.84. The number of ether oxygens (including phenoxy) is 2. The molecule has 0 spiro atoms. The van der Waals surface area contributed by atoms with Crippen LogP contribution in [0.2, 0.25) is 0 Å². The number of carbonyl (C=O) groups excluding carboxylic acids is 2. The predicted molar refractivity (Wildman–Crippen MR) is 131 cm³/mol. The maximum absolute atomic E-state index is 13.6. The van der Waals surface area contributed by atoms with Crippen LogP contribution in [0.25, 0.3) is 0 Å². The van der Waals surface area contributed by atoms with Crippen molar-refractivity contribution in [1.82, 2.24) is 0 Å². The Labute approximate surface area is 206 Å². The summed E-state index contributed by atoms with van der Waals surface area (Å²) in [7, 11) is 0. The van der Waals surface area contributed by atoms with Gasteiger partial charge in [-0.15, -0.1) is 0 Å². The van der Waals surface area contributed by atoms with Crippen LogP contribution >= 0.6 is 0 Å². The van der Waals surface area contributed by atoms with Gasteiger partial charge in [-0.05, 0) is 29.9 Å². The summed E-state index contributed by atoms with van der Waals surface area (Å²) < 4.78 is 10.7. The first-order chi connectivity index (χ1) is 17.0. The molecule has 6 nitrogen and oxygen atoms in total. The molecule has 3 rings (SSSR count). The van der Waals surface area contributed by atoms with Gasteiger partial charge in [-0.3, -0.25) is 9.59 Å². The SMILES string of the molecule is C=CCOC(=O)C(C#N)C1C[C@H](c2ccccc2)C(C#N)(C(=O)OCC=C)[C@H](c2ccccc2)C1. The van der Waals surface area contributed by atoms with Crippen molar-refractivity contribution in [3.63, 3.8) is 0 Å². The van der Waals surface area contributed by atoms with Gasteiger partial charge in [0.2, 0.25) is 0 Å². The summed E-state index contributed by atoms with van der Waals surface area (Å²) in [5.74, 6) is -3.98. The second-order valence-electron chi connectivity index (χ2n) is 8.55. The van der Waals surface area contributed by atoms with Crippen molar-refractivity contribution in [2.45, 2.75) is 24.7 Å². The molecule has 0 N–H and O–H groups in total. The van der Waals surface area contributed by atoms with Crippen LogP contribution in [0.15, 0.2) is 86.0 Å². The van der Waals surface area contributed by atoms with Gasteiger partial charge in [0.25, 0.3) is 0 Å². The van der Waals surface area contributed by atoms with Gasteiger partial charge in [0, 0.05) is 11.8 Å². The Morgan fingerprint density at radius 2 is 1.40 bits per heavy atom. The van der Waals surface area contributed by atoms with Gasteiger partial charge in [-0.25, -0.2) is 0 Å². The molecule has 1 aliphatic carbocycles. The Morgan fingerprint density at radius 1 is 0.914 bits per heavy atom. The van der Waals surface area contributed by atoms with Crippen molar-refractivity contribution in [1.29, 1.82) is 10.5 Å². The number of hydrogen-bond acceptors (Lipinski definition) is 6. The van der Waals surface area contributed by atoms with Crippen molar-refractivity contribution in [3.05, 3.63) is 97.1 Å². The summed E-state index contributed by atoms with van der Waals surface area (Å²) in [5.41, 5.74) is -0.0227. The molecule has 1 saturated carbocycles. The Balaban J connectivity index is 2.18. The first-order valence-electron chi connectivity index (χ1n) is 11.5. The number of nitrogens with zero attached hydrogens (tertiary/aromatic N) is 2. The van der Waals surface area contributed by atoms with Crippen LogP contribution in [0, 0.1) is 39.9 Å². The van der Waals surface area contributed by atoms with Crippen LogP contribution < -0.4 is 0 Å². The van der Waals surface area contributed by atoms with E-state index < -0.39 is 41.0 Å². The lowest BCUT2D eigenvalue weighted by Crippen LogP contribution is -2.49. The van der Waals surface area contributed by atoms with Gasteiger partial charge >= 0.3 is 11.9 Å². The molecule has 3 unspecified atom stereocenters. The first kappa shape index (κ1) is 25.5. The molecule has 0 heterocycles. The number of rotatable bonds is 9. The molecule has 178 valence electrons. The van der Waals surface area contributed by atoms with E-state index in [1.54, 1.807) is 0 Å². The zero-order valence-corrected chi connectivity index (χ0v) is 19.5. The standard InChI is InChI=1S/C29H28N2O4/c1-3-15-34-27(32)24(19-30)23-17-25(21-11-7-5-8-12-21)29(20-31,28(33)35-16-4-2)26(18-23)22-13-9-6-10-14-22/h3-14,23-26H,1-2,15-18H2/t23?,24?,25-,26+,29?. The van der Waals surface area contributed by atoms with E-state index in [4.69, 9.17) is 9.47 Å². The van der Waals surface area contributed by atoms with E-state index >= 15 is 0 Å². The van der Waals surface area contributed by atoms with Crippen LogP contribution in [-0.4, -0.2) is 25.2 Å². The molecule has 1 fully saturated rings. The Morgan fingerprint density at radius 3 is 1.83 bits per heavy atom. The third kappa shape index (κ3) is 5.18. The van der Waals surface area contributed by atoms with Crippen LogP contribution in [0.3, 0.4) is 0 Å². The van der Waals surface area contributed by atoms with Crippen molar-refractivity contribution in [2.75, 3.05) is 13.2 Å². The molecule has 0 aromatic heterocycles. The van der Waals surface area contributed by atoms with E-state index in [2.05, 4.69) is 25.3 Å². The van der Waals surface area contributed by atoms with Gasteiger partial charge in [0.05, 0.1) is 12.1 Å². The summed E-state index contributed by atoms with van der Waals surface area (Å²) in [5, 5.41) is 20.6. The fourth-order valence-corrected chi connectivity index (χ4v) is 5.08. The third-order valence-corrected chi connectivity index (χ3v) is 6.64. The highest BCUT2D eigenvalue weighted by atomic mass is 16.5. The molecule has 0 bridgehead atoms. The minimum Gasteiger partial charge on any atom is -0.460 e. The average Bonchev–Trinajstić information content (AvgIpc) is 2.91. The van der Waals surface area contributed by atoms with Crippen molar-refractivity contribution < 1.29 is 19.1 Å². The molecule has 6 heteroatoms. The summed E-state index contributed by atoms with van der Waals surface area (Å²) in [6, 6.07) is 23.0. The van der Waals surface area contributed by atoms with Crippen LogP contribution in [0.4, 0.5) is 0 Å². The predicted octanol–water partition coefficient (Wildman–Crippen LogP) is 5.07. The fraction of sp³-hybridized carbons (Fsp3) is 0.310. The lowest BCUT2D eigenvalue weighted by Gasteiger charge is -2.47. The third-order valence-electron chi connectivity index (χ3n) is 6.64. The summed E-state index contributed by atoms with van der Waals surface area (Å²) >= 11 is 0. The topological polar surface area (TPSA) is 100 Å². The van der Waals surface area contributed by atoms with E-state index in [1.165, 1.54) is 12.2 Å². The largest absolute Gasteiger partial charge is 0.460 e. The van der Waals surface area contributed by atoms with E-state index in [1.807, 2.05) is 60.7 Å². The maximum atomic E-state index is 13.6. The molecular formula is C29H28N2O4. The quantitative estimate of drug-likeness (QED) is 0.376. The molecule has 0 saturated heterocycles. The normalized spacial score (nSPS) is 24.1. The number of nitriles is 2. The minimum absolute atomic E-state index is 0.00394. The van der Waals surface area contributed by atoms with Crippen LogP contribution in [0.1, 0.15) is 35.8 Å². The van der Waals surface area contributed by atoms with Gasteiger partial charge in [0.1, 0.15) is 19.1 Å². The molecule has 5 atom stereocenters. The van der Waals surface area contributed by atoms with Gasteiger partial charge in [-0.2, -0.15) is 10.5 Å². The van der Waals surface area contributed by atoms with Gasteiger partial charge in [-0.1, -0.05) is 86.0 Å². The second-order valence-corrected chi connectivity index (χ2v) is 8.55. The van der Waals surface area contributed by atoms with Gasteiger partial charge in [0.15, 0.2) is 5.41 Å². The maximum Gasteiger partial charge on any atom is 0.328 e. The smallest absolute Gasteiger partial charge is 0.328 e.